The molecule has 2 aliphatic heterocycles. The highest BCUT2D eigenvalue weighted by Crippen LogP contribution is 2.43. The normalized spacial score (nSPS) is 32.8. The van der Waals surface area contributed by atoms with Gasteiger partial charge in [-0.15, -0.1) is 0 Å². The Bertz CT molecular complexity index is 356. The summed E-state index contributed by atoms with van der Waals surface area (Å²) in [5.74, 6) is 0.785. The fourth-order valence-electron chi connectivity index (χ4n) is 3.65. The third kappa shape index (κ3) is 3.53. The predicted octanol–water partition coefficient (Wildman–Crippen LogP) is 2.31. The van der Waals surface area contributed by atoms with E-state index in [1.807, 2.05) is 4.90 Å². The summed E-state index contributed by atoms with van der Waals surface area (Å²) in [7, 11) is 0. The molecule has 0 spiro atoms. The molecule has 1 amide bonds. The average Bonchev–Trinajstić information content (AvgIpc) is 2.36. The largest absolute Gasteiger partial charge is 0.369 e. The molecule has 116 valence electrons. The fourth-order valence-corrected chi connectivity index (χ4v) is 3.65. The van der Waals surface area contributed by atoms with Crippen molar-refractivity contribution in [3.05, 3.63) is 0 Å². The summed E-state index contributed by atoms with van der Waals surface area (Å²) in [6, 6.07) is 0. The highest BCUT2D eigenvalue weighted by Gasteiger charge is 2.47. The van der Waals surface area contributed by atoms with E-state index in [4.69, 9.17) is 10.5 Å². The van der Waals surface area contributed by atoms with Crippen molar-refractivity contribution in [3.8, 4) is 0 Å². The summed E-state index contributed by atoms with van der Waals surface area (Å²) in [5, 5.41) is 0. The van der Waals surface area contributed by atoms with E-state index in [9.17, 15) is 4.79 Å². The van der Waals surface area contributed by atoms with Gasteiger partial charge in [0.2, 0.25) is 5.91 Å². The van der Waals surface area contributed by atoms with Crippen LogP contribution in [0, 0.1) is 5.92 Å². The minimum absolute atomic E-state index is 0.0153. The standard InChI is InChI=1S/C16H30N2O2/c1-15(2)8-7-13-12-18(11-9-16(13,3)20-15)14(19)6-4-5-10-17/h13H,4-12,17H2,1-3H3/t13-,16+/m0/s1. The van der Waals surface area contributed by atoms with Crippen LogP contribution in [0.15, 0.2) is 0 Å². The van der Waals surface area contributed by atoms with Gasteiger partial charge >= 0.3 is 0 Å². The number of fused-ring (bicyclic) bond motifs is 1. The summed E-state index contributed by atoms with van der Waals surface area (Å²) < 4.78 is 6.34. The second kappa shape index (κ2) is 6.02. The molecule has 20 heavy (non-hydrogen) atoms. The number of nitrogens with two attached hydrogens (primary N) is 1. The van der Waals surface area contributed by atoms with E-state index in [0.717, 1.165) is 45.2 Å². The number of piperidine rings is 1. The number of unbranched alkanes of at least 4 members (excludes halogenated alkanes) is 1. The molecule has 0 aliphatic carbocycles. The first-order valence-corrected chi connectivity index (χ1v) is 8.04. The zero-order chi connectivity index (χ0) is 14.8. The van der Waals surface area contributed by atoms with Gasteiger partial charge in [0.15, 0.2) is 0 Å². The van der Waals surface area contributed by atoms with Crippen molar-refractivity contribution >= 4 is 5.91 Å². The van der Waals surface area contributed by atoms with Gasteiger partial charge in [0.05, 0.1) is 11.2 Å². The van der Waals surface area contributed by atoms with Gasteiger partial charge in [-0.05, 0) is 59.4 Å². The van der Waals surface area contributed by atoms with Gasteiger partial charge in [0.25, 0.3) is 0 Å². The number of carbonyl (C=O) groups excluding carboxylic acids is 1. The van der Waals surface area contributed by atoms with E-state index in [1.54, 1.807) is 0 Å². The van der Waals surface area contributed by atoms with Crippen LogP contribution in [0.4, 0.5) is 0 Å². The van der Waals surface area contributed by atoms with Crippen LogP contribution < -0.4 is 5.73 Å². The third-order valence-electron chi connectivity index (χ3n) is 4.98. The van der Waals surface area contributed by atoms with Crippen LogP contribution in [0.3, 0.4) is 0 Å². The van der Waals surface area contributed by atoms with Crippen molar-refractivity contribution in [2.24, 2.45) is 11.7 Å². The van der Waals surface area contributed by atoms with Gasteiger partial charge in [-0.1, -0.05) is 0 Å². The molecule has 2 saturated heterocycles. The van der Waals surface area contributed by atoms with Crippen molar-refractivity contribution in [1.29, 1.82) is 0 Å². The van der Waals surface area contributed by atoms with E-state index in [-0.39, 0.29) is 11.2 Å². The van der Waals surface area contributed by atoms with Crippen molar-refractivity contribution in [2.45, 2.75) is 70.5 Å². The minimum Gasteiger partial charge on any atom is -0.369 e. The van der Waals surface area contributed by atoms with Crippen molar-refractivity contribution in [1.82, 2.24) is 4.90 Å². The molecule has 2 heterocycles. The molecule has 4 heteroatoms. The summed E-state index contributed by atoms with van der Waals surface area (Å²) in [4.78, 5) is 14.3. The Labute approximate surface area is 123 Å². The van der Waals surface area contributed by atoms with Crippen molar-refractivity contribution in [2.75, 3.05) is 19.6 Å². The van der Waals surface area contributed by atoms with Crippen LogP contribution in [0.25, 0.3) is 0 Å². The molecular weight excluding hydrogens is 252 g/mol. The molecule has 2 fully saturated rings. The molecule has 4 nitrogen and oxygen atoms in total. The lowest BCUT2D eigenvalue weighted by molar-refractivity contribution is -0.214. The number of rotatable bonds is 4. The number of hydrogen-bond acceptors (Lipinski definition) is 3. The van der Waals surface area contributed by atoms with Gasteiger partial charge in [0.1, 0.15) is 0 Å². The Morgan fingerprint density at radius 1 is 1.30 bits per heavy atom. The molecule has 0 bridgehead atoms. The summed E-state index contributed by atoms with van der Waals surface area (Å²) >= 11 is 0. The van der Waals surface area contributed by atoms with Crippen LogP contribution in [0.5, 0.6) is 0 Å². The number of likely N-dealkylation sites (tertiary alicyclic amines) is 1. The molecule has 0 radical (unpaired) electrons. The Morgan fingerprint density at radius 3 is 2.75 bits per heavy atom. The summed E-state index contributed by atoms with van der Waals surface area (Å²) in [5.41, 5.74) is 5.42. The molecule has 0 aromatic heterocycles. The van der Waals surface area contributed by atoms with Crippen LogP contribution in [0.1, 0.15) is 59.3 Å². The first-order valence-electron chi connectivity index (χ1n) is 8.04. The lowest BCUT2D eigenvalue weighted by Gasteiger charge is -2.53. The maximum atomic E-state index is 12.2. The third-order valence-corrected chi connectivity index (χ3v) is 4.98. The number of amides is 1. The highest BCUT2D eigenvalue weighted by atomic mass is 16.5. The molecule has 0 saturated carbocycles. The van der Waals surface area contributed by atoms with E-state index in [2.05, 4.69) is 20.8 Å². The number of ether oxygens (including phenoxy) is 1. The number of nitrogens with zero attached hydrogens (tertiary/aromatic N) is 1. The lowest BCUT2D eigenvalue weighted by atomic mass is 9.74. The molecular formula is C16H30N2O2. The van der Waals surface area contributed by atoms with Crippen LogP contribution in [-0.2, 0) is 9.53 Å². The minimum atomic E-state index is -0.0458. The molecule has 0 aromatic rings. The van der Waals surface area contributed by atoms with E-state index < -0.39 is 0 Å². The monoisotopic (exact) mass is 282 g/mol. The van der Waals surface area contributed by atoms with E-state index >= 15 is 0 Å². The summed E-state index contributed by atoms with van der Waals surface area (Å²) in [6.45, 7) is 8.97. The van der Waals surface area contributed by atoms with Gasteiger partial charge < -0.3 is 15.4 Å². The molecule has 2 atom stereocenters. The second-order valence-electron chi connectivity index (χ2n) is 7.25. The Hall–Kier alpha value is -0.610. The molecule has 2 aliphatic rings. The van der Waals surface area contributed by atoms with Crippen LogP contribution in [0.2, 0.25) is 0 Å². The topological polar surface area (TPSA) is 55.6 Å². The number of hydrogen-bond donors (Lipinski definition) is 1. The second-order valence-corrected chi connectivity index (χ2v) is 7.25. The zero-order valence-electron chi connectivity index (χ0n) is 13.3. The molecule has 0 aromatic carbocycles. The van der Waals surface area contributed by atoms with Crippen molar-refractivity contribution in [3.63, 3.8) is 0 Å². The van der Waals surface area contributed by atoms with Gasteiger partial charge in [-0.2, -0.15) is 0 Å². The Kier molecular flexibility index (Phi) is 4.75. The highest BCUT2D eigenvalue weighted by molar-refractivity contribution is 5.76. The molecule has 2 rings (SSSR count). The van der Waals surface area contributed by atoms with E-state index in [0.29, 0.717) is 24.8 Å². The Morgan fingerprint density at radius 2 is 2.05 bits per heavy atom. The summed E-state index contributed by atoms with van der Waals surface area (Å²) in [6.07, 6.45) is 5.71. The first kappa shape index (κ1) is 15.8. The molecule has 2 N–H and O–H groups in total. The van der Waals surface area contributed by atoms with Gasteiger partial charge in [-0.25, -0.2) is 0 Å². The van der Waals surface area contributed by atoms with Gasteiger partial charge in [0, 0.05) is 25.4 Å². The van der Waals surface area contributed by atoms with Gasteiger partial charge in [-0.3, -0.25) is 4.79 Å². The predicted molar refractivity (Wildman–Crippen MR) is 80.4 cm³/mol. The average molecular weight is 282 g/mol. The van der Waals surface area contributed by atoms with Crippen LogP contribution in [-0.4, -0.2) is 41.6 Å². The maximum absolute atomic E-state index is 12.2. The molecule has 0 unspecified atom stereocenters. The SMILES string of the molecule is CC1(C)CC[C@H]2CN(C(=O)CCCCN)CC[C@@]2(C)O1. The first-order chi connectivity index (χ1) is 9.36. The maximum Gasteiger partial charge on any atom is 0.222 e. The lowest BCUT2D eigenvalue weighted by Crippen LogP contribution is -2.58. The fraction of sp³-hybridized carbons (Fsp3) is 0.938. The van der Waals surface area contributed by atoms with Crippen LogP contribution >= 0.6 is 0 Å². The zero-order valence-corrected chi connectivity index (χ0v) is 13.3. The van der Waals surface area contributed by atoms with E-state index in [1.165, 1.54) is 0 Å². The number of carbonyl (C=O) groups is 1. The quantitative estimate of drug-likeness (QED) is 0.805. The smallest absolute Gasteiger partial charge is 0.222 e. The Balaban J connectivity index is 1.90. The van der Waals surface area contributed by atoms with Crippen molar-refractivity contribution < 1.29 is 9.53 Å².